The van der Waals surface area contributed by atoms with Crippen molar-refractivity contribution in [2.24, 2.45) is 0 Å². The maximum absolute atomic E-state index is 5.84. The van der Waals surface area contributed by atoms with Gasteiger partial charge >= 0.3 is 0 Å². The number of halogens is 2. The van der Waals surface area contributed by atoms with Gasteiger partial charge in [-0.05, 0) is 37.3 Å². The van der Waals surface area contributed by atoms with Crippen molar-refractivity contribution in [1.29, 1.82) is 0 Å². The number of nitrogens with zero attached hydrogens (tertiary/aromatic N) is 2. The Morgan fingerprint density at radius 3 is 2.56 bits per heavy atom. The molecule has 0 amide bonds. The number of benzene rings is 1. The van der Waals surface area contributed by atoms with Gasteiger partial charge in [-0.15, -0.1) is 23.4 Å². The maximum atomic E-state index is 5.84. The van der Waals surface area contributed by atoms with Crippen molar-refractivity contribution < 1.29 is 0 Å². The van der Waals surface area contributed by atoms with E-state index in [1.165, 1.54) is 0 Å². The molecule has 0 N–H and O–H groups in total. The second-order valence-corrected chi connectivity index (χ2v) is 5.55. The fourth-order valence-electron chi connectivity index (χ4n) is 1.51. The highest BCUT2D eigenvalue weighted by Crippen LogP contribution is 2.23. The van der Waals surface area contributed by atoms with Crippen LogP contribution >= 0.6 is 35.0 Å². The Balaban J connectivity index is 2.05. The molecule has 0 fully saturated rings. The lowest BCUT2D eigenvalue weighted by Gasteiger charge is -2.04. The molecule has 18 heavy (non-hydrogen) atoms. The molecule has 1 aromatic heterocycles. The molecule has 2 rings (SSSR count). The smallest absolute Gasteiger partial charge is 0.139 e. The van der Waals surface area contributed by atoms with Crippen molar-refractivity contribution in [3.8, 4) is 0 Å². The summed E-state index contributed by atoms with van der Waals surface area (Å²) in [5.74, 6) is 1.96. The van der Waals surface area contributed by atoms with Gasteiger partial charge in [0.05, 0.1) is 17.3 Å². The molecule has 0 unspecified atom stereocenters. The van der Waals surface area contributed by atoms with Gasteiger partial charge in [0.15, 0.2) is 0 Å². The number of thioether (sulfide) groups is 1. The highest BCUT2D eigenvalue weighted by Gasteiger charge is 2.03. The van der Waals surface area contributed by atoms with Gasteiger partial charge in [0.2, 0.25) is 0 Å². The fraction of sp³-hybridized carbons (Fsp3) is 0.231. The Labute approximate surface area is 121 Å². The lowest BCUT2D eigenvalue weighted by molar-refractivity contribution is 0.955. The molecule has 2 aromatic rings. The van der Waals surface area contributed by atoms with E-state index < -0.39 is 0 Å². The monoisotopic (exact) mass is 298 g/mol. The molecule has 1 heterocycles. The molecule has 0 atom stereocenters. The lowest BCUT2D eigenvalue weighted by Crippen LogP contribution is -1.98. The number of hydrogen-bond acceptors (Lipinski definition) is 3. The normalized spacial score (nSPS) is 10.6. The molecule has 0 aliphatic rings. The quantitative estimate of drug-likeness (QED) is 0.615. The van der Waals surface area contributed by atoms with E-state index in [-0.39, 0.29) is 0 Å². The lowest BCUT2D eigenvalue weighted by atomic mass is 10.3. The van der Waals surface area contributed by atoms with Crippen LogP contribution in [0, 0.1) is 6.92 Å². The zero-order chi connectivity index (χ0) is 13.0. The van der Waals surface area contributed by atoms with Crippen molar-refractivity contribution >= 4 is 35.0 Å². The van der Waals surface area contributed by atoms with Crippen molar-refractivity contribution in [3.63, 3.8) is 0 Å². The summed E-state index contributed by atoms with van der Waals surface area (Å²) < 4.78 is 0. The third-order valence-corrected chi connectivity index (χ3v) is 3.81. The van der Waals surface area contributed by atoms with Gasteiger partial charge in [-0.25, -0.2) is 9.97 Å². The third-order valence-electron chi connectivity index (χ3n) is 2.27. The summed E-state index contributed by atoms with van der Waals surface area (Å²) in [6, 6.07) is 9.65. The van der Waals surface area contributed by atoms with E-state index in [2.05, 4.69) is 9.97 Å². The molecule has 0 radical (unpaired) electrons. The molecule has 0 saturated heterocycles. The van der Waals surface area contributed by atoms with Crippen molar-refractivity contribution in [2.75, 3.05) is 0 Å². The van der Waals surface area contributed by atoms with Crippen LogP contribution in [0.4, 0.5) is 0 Å². The van der Waals surface area contributed by atoms with Gasteiger partial charge in [-0.3, -0.25) is 0 Å². The van der Waals surface area contributed by atoms with Gasteiger partial charge < -0.3 is 0 Å². The Kier molecular flexibility index (Phi) is 4.87. The van der Waals surface area contributed by atoms with Gasteiger partial charge in [0, 0.05) is 15.6 Å². The van der Waals surface area contributed by atoms with Crippen LogP contribution in [0.25, 0.3) is 0 Å². The van der Waals surface area contributed by atoms with Gasteiger partial charge in [-0.1, -0.05) is 11.6 Å². The molecule has 0 bridgehead atoms. The number of rotatable bonds is 4. The molecule has 1 aromatic carbocycles. The van der Waals surface area contributed by atoms with Crippen LogP contribution in [-0.2, 0) is 11.6 Å². The average molecular weight is 299 g/mol. The molecule has 0 aliphatic heterocycles. The summed E-state index contributed by atoms with van der Waals surface area (Å²) >= 11 is 13.3. The summed E-state index contributed by atoms with van der Waals surface area (Å²) in [4.78, 5) is 9.94. The standard InChI is InChI=1S/C13H12Cl2N2S/c1-9-6-11(7-14)17-13(16-9)8-18-12-4-2-10(15)3-5-12/h2-6H,7-8H2,1H3. The summed E-state index contributed by atoms with van der Waals surface area (Å²) in [5, 5.41) is 0.746. The van der Waals surface area contributed by atoms with Crippen LogP contribution in [0.15, 0.2) is 35.2 Å². The summed E-state index contributed by atoms with van der Waals surface area (Å²) in [5.41, 5.74) is 1.82. The largest absolute Gasteiger partial charge is 0.237 e. The zero-order valence-electron chi connectivity index (χ0n) is 9.86. The molecule has 5 heteroatoms. The van der Waals surface area contributed by atoms with E-state index in [4.69, 9.17) is 23.2 Å². The average Bonchev–Trinajstić information content (AvgIpc) is 2.37. The number of aryl methyl sites for hydroxylation is 1. The predicted molar refractivity (Wildman–Crippen MR) is 77.3 cm³/mol. The molecule has 2 nitrogen and oxygen atoms in total. The first-order chi connectivity index (χ1) is 8.67. The second-order valence-electron chi connectivity index (χ2n) is 3.79. The van der Waals surface area contributed by atoms with E-state index in [1.54, 1.807) is 11.8 Å². The minimum atomic E-state index is 0.419. The first-order valence-electron chi connectivity index (χ1n) is 5.45. The Bertz CT molecular complexity index is 529. The molecule has 94 valence electrons. The SMILES string of the molecule is Cc1cc(CCl)nc(CSc2ccc(Cl)cc2)n1. The predicted octanol–water partition coefficient (Wildman–Crippen LogP) is 4.47. The van der Waals surface area contributed by atoms with Crippen molar-refractivity contribution in [1.82, 2.24) is 9.97 Å². The minimum Gasteiger partial charge on any atom is -0.237 e. The van der Waals surface area contributed by atoms with Gasteiger partial charge in [0.1, 0.15) is 5.82 Å². The van der Waals surface area contributed by atoms with Crippen molar-refractivity contribution in [2.45, 2.75) is 23.5 Å². The Morgan fingerprint density at radius 2 is 1.89 bits per heavy atom. The van der Waals surface area contributed by atoms with Crippen molar-refractivity contribution in [3.05, 3.63) is 52.6 Å². The highest BCUT2D eigenvalue weighted by atomic mass is 35.5. The van der Waals surface area contributed by atoms with E-state index >= 15 is 0 Å². The summed E-state index contributed by atoms with van der Waals surface area (Å²) in [6.45, 7) is 1.95. The number of hydrogen-bond donors (Lipinski definition) is 0. The van der Waals surface area contributed by atoms with E-state index in [0.29, 0.717) is 5.88 Å². The Hall–Kier alpha value is -0.770. The van der Waals surface area contributed by atoms with Crippen LogP contribution in [0.3, 0.4) is 0 Å². The Morgan fingerprint density at radius 1 is 1.17 bits per heavy atom. The molecular formula is C13H12Cl2N2S. The van der Waals surface area contributed by atoms with Gasteiger partial charge in [-0.2, -0.15) is 0 Å². The molecule has 0 spiro atoms. The number of alkyl halides is 1. The first kappa shape index (κ1) is 13.7. The molecule has 0 aliphatic carbocycles. The van der Waals surface area contributed by atoms with Crippen LogP contribution in [0.1, 0.15) is 17.2 Å². The van der Waals surface area contributed by atoms with Crippen LogP contribution in [-0.4, -0.2) is 9.97 Å². The minimum absolute atomic E-state index is 0.419. The molecule has 0 saturated carbocycles. The molecular weight excluding hydrogens is 287 g/mol. The number of aromatic nitrogens is 2. The summed E-state index contributed by atoms with van der Waals surface area (Å²) in [7, 11) is 0. The van der Waals surface area contributed by atoms with Gasteiger partial charge in [0.25, 0.3) is 0 Å². The second kappa shape index (κ2) is 6.41. The highest BCUT2D eigenvalue weighted by molar-refractivity contribution is 7.98. The zero-order valence-corrected chi connectivity index (χ0v) is 12.2. The fourth-order valence-corrected chi connectivity index (χ4v) is 2.53. The van der Waals surface area contributed by atoms with E-state index in [1.807, 2.05) is 37.3 Å². The first-order valence-corrected chi connectivity index (χ1v) is 7.35. The third kappa shape index (κ3) is 3.87. The van der Waals surface area contributed by atoms with Crippen LogP contribution in [0.5, 0.6) is 0 Å². The maximum Gasteiger partial charge on any atom is 0.139 e. The summed E-state index contributed by atoms with van der Waals surface area (Å²) in [6.07, 6.45) is 0. The van der Waals surface area contributed by atoms with Crippen LogP contribution in [0.2, 0.25) is 5.02 Å². The van der Waals surface area contributed by atoms with Crippen LogP contribution < -0.4 is 0 Å². The van der Waals surface area contributed by atoms with E-state index in [0.717, 1.165) is 32.9 Å². The van der Waals surface area contributed by atoms with E-state index in [9.17, 15) is 0 Å². The topological polar surface area (TPSA) is 25.8 Å².